The van der Waals surface area contributed by atoms with Crippen molar-refractivity contribution in [2.45, 2.75) is 29.8 Å². The normalized spacial score (nSPS) is 14.9. The number of fused-ring (bicyclic) bond motifs is 1. The van der Waals surface area contributed by atoms with Gasteiger partial charge in [-0.25, -0.2) is 13.1 Å². The van der Waals surface area contributed by atoms with Crippen LogP contribution < -0.4 is 10.0 Å². The predicted octanol–water partition coefficient (Wildman–Crippen LogP) is 4.39. The van der Waals surface area contributed by atoms with E-state index in [9.17, 15) is 13.2 Å². The van der Waals surface area contributed by atoms with Crippen molar-refractivity contribution < 1.29 is 17.6 Å². The van der Waals surface area contributed by atoms with Gasteiger partial charge in [0.05, 0.1) is 4.90 Å². The monoisotopic (exact) mass is 446 g/mol. The zero-order valence-electron chi connectivity index (χ0n) is 17.2. The Labute approximate surface area is 186 Å². The van der Waals surface area contributed by atoms with E-state index in [1.54, 1.807) is 12.1 Å². The lowest BCUT2D eigenvalue weighted by Gasteiger charge is -2.17. The maximum absolute atomic E-state index is 13.2. The van der Waals surface area contributed by atoms with Crippen molar-refractivity contribution >= 4 is 26.9 Å². The van der Waals surface area contributed by atoms with Gasteiger partial charge in [0, 0.05) is 17.0 Å². The smallest absolute Gasteiger partial charge is 0.252 e. The standard InChI is InChI=1S/C25H22N2O4S/c28-25(19-10-6-11-21(15-19)32(29,30)27-20-13-14-20)26-24(17-7-2-1-3-8-17)23-16-18-9-4-5-12-22(18)31-23/h1-12,15-16,20,24,27H,13-14H2,(H,26,28). The van der Waals surface area contributed by atoms with E-state index in [2.05, 4.69) is 10.0 Å². The highest BCUT2D eigenvalue weighted by Crippen LogP contribution is 2.29. The average molecular weight is 447 g/mol. The Balaban J connectivity index is 1.46. The number of amides is 1. The first kappa shape index (κ1) is 20.5. The van der Waals surface area contributed by atoms with Crippen LogP contribution in [0, 0.1) is 0 Å². The molecule has 162 valence electrons. The van der Waals surface area contributed by atoms with E-state index in [1.807, 2.05) is 60.7 Å². The molecule has 1 aromatic heterocycles. The van der Waals surface area contributed by atoms with Crippen LogP contribution in [0.2, 0.25) is 0 Å². The fourth-order valence-corrected chi connectivity index (χ4v) is 4.97. The summed E-state index contributed by atoms with van der Waals surface area (Å²) in [6.45, 7) is 0. The lowest BCUT2D eigenvalue weighted by atomic mass is 10.0. The molecule has 4 aromatic rings. The van der Waals surface area contributed by atoms with Gasteiger partial charge in [-0.1, -0.05) is 54.6 Å². The van der Waals surface area contributed by atoms with Gasteiger partial charge in [0.1, 0.15) is 17.4 Å². The van der Waals surface area contributed by atoms with Crippen LogP contribution >= 0.6 is 0 Å². The summed E-state index contributed by atoms with van der Waals surface area (Å²) in [6.07, 6.45) is 1.69. The Kier molecular flexibility index (Phi) is 5.28. The number of hydrogen-bond donors (Lipinski definition) is 2. The first-order valence-corrected chi connectivity index (χ1v) is 11.9. The molecule has 0 radical (unpaired) electrons. The number of carbonyl (C=O) groups excluding carboxylic acids is 1. The molecule has 0 bridgehead atoms. The number of benzene rings is 3. The first-order chi connectivity index (χ1) is 15.5. The molecule has 1 saturated carbocycles. The van der Waals surface area contributed by atoms with Crippen molar-refractivity contribution in [3.8, 4) is 0 Å². The van der Waals surface area contributed by atoms with E-state index in [4.69, 9.17) is 4.42 Å². The van der Waals surface area contributed by atoms with Crippen LogP contribution in [-0.4, -0.2) is 20.4 Å². The number of sulfonamides is 1. The molecule has 1 atom stereocenters. The summed E-state index contributed by atoms with van der Waals surface area (Å²) in [5, 5.41) is 3.95. The number of hydrogen-bond acceptors (Lipinski definition) is 4. The Morgan fingerprint density at radius 3 is 2.41 bits per heavy atom. The van der Waals surface area contributed by atoms with Gasteiger partial charge in [-0.05, 0) is 48.7 Å². The summed E-state index contributed by atoms with van der Waals surface area (Å²) in [5.41, 5.74) is 1.86. The third kappa shape index (κ3) is 4.30. The second kappa shape index (κ2) is 8.26. The van der Waals surface area contributed by atoms with Crippen molar-refractivity contribution in [3.63, 3.8) is 0 Å². The highest BCUT2D eigenvalue weighted by molar-refractivity contribution is 7.89. The molecule has 2 N–H and O–H groups in total. The van der Waals surface area contributed by atoms with Crippen molar-refractivity contribution in [3.05, 3.63) is 102 Å². The zero-order chi connectivity index (χ0) is 22.1. The van der Waals surface area contributed by atoms with E-state index in [1.165, 1.54) is 12.1 Å². The van der Waals surface area contributed by atoms with Gasteiger partial charge in [0.2, 0.25) is 10.0 Å². The van der Waals surface area contributed by atoms with Gasteiger partial charge >= 0.3 is 0 Å². The minimum absolute atomic E-state index is 0.00646. The Hall–Kier alpha value is -3.42. The summed E-state index contributed by atoms with van der Waals surface area (Å²) < 4.78 is 33.8. The fourth-order valence-electron chi connectivity index (χ4n) is 3.62. The summed E-state index contributed by atoms with van der Waals surface area (Å²) >= 11 is 0. The zero-order valence-corrected chi connectivity index (χ0v) is 18.0. The lowest BCUT2D eigenvalue weighted by molar-refractivity contribution is 0.0939. The number of furan rings is 1. The van der Waals surface area contributed by atoms with Gasteiger partial charge in [-0.2, -0.15) is 0 Å². The molecule has 32 heavy (non-hydrogen) atoms. The molecule has 6 nitrogen and oxygen atoms in total. The summed E-state index contributed by atoms with van der Waals surface area (Å²) in [6, 6.07) is 24.6. The van der Waals surface area contributed by atoms with Crippen LogP contribution in [0.15, 0.2) is 94.2 Å². The lowest BCUT2D eigenvalue weighted by Crippen LogP contribution is -2.30. The second-order valence-electron chi connectivity index (χ2n) is 7.93. The summed E-state index contributed by atoms with van der Waals surface area (Å²) in [4.78, 5) is 13.2. The highest BCUT2D eigenvalue weighted by Gasteiger charge is 2.28. The molecule has 1 unspecified atom stereocenters. The van der Waals surface area contributed by atoms with E-state index in [0.29, 0.717) is 5.76 Å². The van der Waals surface area contributed by atoms with Crippen LogP contribution in [0.1, 0.15) is 40.6 Å². The highest BCUT2D eigenvalue weighted by atomic mass is 32.2. The molecule has 1 fully saturated rings. The Morgan fingerprint density at radius 2 is 1.66 bits per heavy atom. The third-order valence-corrected chi connectivity index (χ3v) is 6.96. The Bertz CT molecular complexity index is 1340. The van der Waals surface area contributed by atoms with Crippen LogP contribution in [-0.2, 0) is 10.0 Å². The number of para-hydroxylation sites is 1. The van der Waals surface area contributed by atoms with Crippen LogP contribution in [0.5, 0.6) is 0 Å². The van der Waals surface area contributed by atoms with Gasteiger partial charge in [0.25, 0.3) is 5.91 Å². The van der Waals surface area contributed by atoms with Crippen LogP contribution in [0.25, 0.3) is 11.0 Å². The minimum Gasteiger partial charge on any atom is -0.459 e. The molecule has 1 amide bonds. The molecular weight excluding hydrogens is 424 g/mol. The van der Waals surface area contributed by atoms with Crippen molar-refractivity contribution in [1.82, 2.24) is 10.0 Å². The van der Waals surface area contributed by atoms with Gasteiger partial charge in [0.15, 0.2) is 0 Å². The average Bonchev–Trinajstić information content (AvgIpc) is 3.51. The number of nitrogens with one attached hydrogen (secondary N) is 2. The molecule has 0 aliphatic heterocycles. The van der Waals surface area contributed by atoms with Crippen molar-refractivity contribution in [1.29, 1.82) is 0 Å². The minimum atomic E-state index is -3.65. The molecule has 0 saturated heterocycles. The fraction of sp³-hybridized carbons (Fsp3) is 0.160. The molecular formula is C25H22N2O4S. The predicted molar refractivity (Wildman–Crippen MR) is 122 cm³/mol. The molecule has 1 heterocycles. The molecule has 7 heteroatoms. The largest absolute Gasteiger partial charge is 0.459 e. The van der Waals surface area contributed by atoms with Gasteiger partial charge in [-0.15, -0.1) is 0 Å². The van der Waals surface area contributed by atoms with Gasteiger partial charge < -0.3 is 9.73 Å². The molecule has 1 aliphatic rings. The maximum atomic E-state index is 13.2. The van der Waals surface area contributed by atoms with Gasteiger partial charge in [-0.3, -0.25) is 4.79 Å². The van der Waals surface area contributed by atoms with Crippen LogP contribution in [0.3, 0.4) is 0 Å². The van der Waals surface area contributed by atoms with Crippen LogP contribution in [0.4, 0.5) is 0 Å². The SMILES string of the molecule is O=C(NC(c1ccccc1)c1cc2ccccc2o1)c1cccc(S(=O)(=O)NC2CC2)c1. The summed E-state index contributed by atoms with van der Waals surface area (Å²) in [7, 11) is -3.65. The molecule has 5 rings (SSSR count). The quantitative estimate of drug-likeness (QED) is 0.441. The maximum Gasteiger partial charge on any atom is 0.252 e. The summed E-state index contributed by atoms with van der Waals surface area (Å²) in [5.74, 6) is 0.215. The van der Waals surface area contributed by atoms with Crippen molar-refractivity contribution in [2.24, 2.45) is 0 Å². The first-order valence-electron chi connectivity index (χ1n) is 10.5. The van der Waals surface area contributed by atoms with E-state index in [-0.39, 0.29) is 22.4 Å². The third-order valence-electron chi connectivity index (χ3n) is 5.44. The molecule has 1 aliphatic carbocycles. The molecule has 3 aromatic carbocycles. The topological polar surface area (TPSA) is 88.4 Å². The number of carbonyl (C=O) groups is 1. The number of rotatable bonds is 7. The van der Waals surface area contributed by atoms with Crippen molar-refractivity contribution in [2.75, 3.05) is 0 Å². The molecule has 0 spiro atoms. The van der Waals surface area contributed by atoms with E-state index >= 15 is 0 Å². The second-order valence-corrected chi connectivity index (χ2v) is 9.64. The Morgan fingerprint density at radius 1 is 0.906 bits per heavy atom. The van der Waals surface area contributed by atoms with E-state index < -0.39 is 16.1 Å². The van der Waals surface area contributed by atoms with E-state index in [0.717, 1.165) is 29.4 Å².